The molecule has 1 aromatic heterocycles. The van der Waals surface area contributed by atoms with Crippen LogP contribution in [0.15, 0.2) is 14.4 Å². The third kappa shape index (κ3) is 9.27. The number of H-pyrrole nitrogens is 3. The van der Waals surface area contributed by atoms with Gasteiger partial charge in [0.25, 0.3) is 0 Å². The number of aromatic nitrogens is 3. The summed E-state index contributed by atoms with van der Waals surface area (Å²) >= 11 is 0. The van der Waals surface area contributed by atoms with E-state index in [1.54, 1.807) is 15.0 Å². The summed E-state index contributed by atoms with van der Waals surface area (Å²) in [7, 11) is 0. The van der Waals surface area contributed by atoms with Gasteiger partial charge in [0.1, 0.15) is 0 Å². The van der Waals surface area contributed by atoms with Crippen molar-refractivity contribution < 1.29 is 0 Å². The zero-order chi connectivity index (χ0) is 13.3. The van der Waals surface area contributed by atoms with Crippen LogP contribution in [0.5, 0.6) is 0 Å². The van der Waals surface area contributed by atoms with Crippen molar-refractivity contribution in [1.29, 1.82) is 0 Å². The van der Waals surface area contributed by atoms with Crippen molar-refractivity contribution in [2.75, 3.05) is 0 Å². The molecule has 0 bridgehead atoms. The van der Waals surface area contributed by atoms with Crippen molar-refractivity contribution in [1.82, 2.24) is 15.0 Å². The Balaban J connectivity index is 0.000000304. The molecular formula is C9H19N5O3. The Bertz CT molecular complexity index is 380. The van der Waals surface area contributed by atoms with Crippen LogP contribution < -0.4 is 28.5 Å². The molecule has 98 valence electrons. The monoisotopic (exact) mass is 245 g/mol. The van der Waals surface area contributed by atoms with Crippen LogP contribution in [0, 0.1) is 0 Å². The molecule has 7 N–H and O–H groups in total. The number of unbranched alkanes of at least 4 members (excludes halogenated alkanes) is 2. The molecule has 0 amide bonds. The number of nitrogens with two attached hydrogens (primary N) is 2. The molecule has 0 aliphatic carbocycles. The lowest BCUT2D eigenvalue weighted by Gasteiger charge is -2.01. The quantitative estimate of drug-likeness (QED) is 0.325. The van der Waals surface area contributed by atoms with E-state index in [4.69, 9.17) is 11.5 Å². The van der Waals surface area contributed by atoms with Gasteiger partial charge < -0.3 is 11.5 Å². The van der Waals surface area contributed by atoms with E-state index in [0.29, 0.717) is 0 Å². The van der Waals surface area contributed by atoms with E-state index >= 15 is 0 Å². The minimum Gasteiger partial charge on any atom is -0.316 e. The number of aromatic amines is 3. The lowest BCUT2D eigenvalue weighted by atomic mass is 10.2. The molecule has 1 heterocycles. The maximum absolute atomic E-state index is 10.2. The van der Waals surface area contributed by atoms with Crippen molar-refractivity contribution in [2.45, 2.75) is 38.8 Å². The van der Waals surface area contributed by atoms with Gasteiger partial charge in [0, 0.05) is 0 Å². The van der Waals surface area contributed by atoms with Gasteiger partial charge in [-0.05, 0) is 6.42 Å². The molecule has 0 aliphatic rings. The van der Waals surface area contributed by atoms with Gasteiger partial charge in [-0.1, -0.05) is 26.2 Å². The first kappa shape index (κ1) is 15.3. The van der Waals surface area contributed by atoms with E-state index in [9.17, 15) is 14.4 Å². The first-order chi connectivity index (χ1) is 7.95. The van der Waals surface area contributed by atoms with Crippen LogP contribution in [0.3, 0.4) is 0 Å². The molecule has 0 saturated heterocycles. The molecule has 0 spiro atoms. The van der Waals surface area contributed by atoms with Gasteiger partial charge in [-0.25, -0.2) is 14.4 Å². The zero-order valence-corrected chi connectivity index (χ0v) is 9.79. The zero-order valence-electron chi connectivity index (χ0n) is 9.79. The fraction of sp³-hybridized carbons (Fsp3) is 0.667. The fourth-order valence-electron chi connectivity index (χ4n) is 1.03. The summed E-state index contributed by atoms with van der Waals surface area (Å²) in [4.78, 5) is 35.9. The molecule has 0 saturated carbocycles. The lowest BCUT2D eigenvalue weighted by Crippen LogP contribution is -2.34. The van der Waals surface area contributed by atoms with Gasteiger partial charge in [0.05, 0.1) is 6.17 Å². The molecule has 0 aliphatic heterocycles. The molecule has 1 aromatic rings. The number of hydrogen-bond acceptors (Lipinski definition) is 5. The van der Waals surface area contributed by atoms with Crippen molar-refractivity contribution >= 4 is 0 Å². The van der Waals surface area contributed by atoms with Crippen molar-refractivity contribution in [2.24, 2.45) is 11.5 Å². The standard InChI is InChI=1S/C6H16N2.C3H3N3O3/c1-2-3-4-5-6(7)8;7-1-4-2(8)6-3(9)5-1/h6H,2-5,7-8H2,1H3;(H3,4,5,6,7,8,9). The highest BCUT2D eigenvalue weighted by atomic mass is 16.2. The topological polar surface area (TPSA) is 151 Å². The summed E-state index contributed by atoms with van der Waals surface area (Å²) in [5.74, 6) is 0. The van der Waals surface area contributed by atoms with E-state index in [1.165, 1.54) is 19.3 Å². The van der Waals surface area contributed by atoms with Crippen LogP contribution in [0.2, 0.25) is 0 Å². The molecule has 1 rings (SSSR count). The van der Waals surface area contributed by atoms with Gasteiger partial charge in [-0.2, -0.15) is 0 Å². The minimum atomic E-state index is -0.802. The second kappa shape index (κ2) is 8.48. The molecule has 8 heteroatoms. The normalized spacial score (nSPS) is 9.88. The van der Waals surface area contributed by atoms with Crippen LogP contribution in [0.4, 0.5) is 0 Å². The highest BCUT2D eigenvalue weighted by Crippen LogP contribution is 1.97. The van der Waals surface area contributed by atoms with Crippen LogP contribution in [0.25, 0.3) is 0 Å². The van der Waals surface area contributed by atoms with Crippen LogP contribution in [-0.4, -0.2) is 21.1 Å². The molecular weight excluding hydrogens is 226 g/mol. The van der Waals surface area contributed by atoms with Gasteiger partial charge in [-0.3, -0.25) is 15.0 Å². The molecule has 0 unspecified atom stereocenters. The third-order valence-corrected chi connectivity index (χ3v) is 1.82. The first-order valence-corrected chi connectivity index (χ1v) is 5.39. The highest BCUT2D eigenvalue weighted by Gasteiger charge is 1.90. The van der Waals surface area contributed by atoms with E-state index < -0.39 is 17.1 Å². The van der Waals surface area contributed by atoms with Gasteiger partial charge >= 0.3 is 17.1 Å². The third-order valence-electron chi connectivity index (χ3n) is 1.82. The largest absolute Gasteiger partial charge is 0.330 e. The summed E-state index contributed by atoms with van der Waals surface area (Å²) in [6.07, 6.45) is 4.54. The van der Waals surface area contributed by atoms with E-state index in [2.05, 4.69) is 6.92 Å². The number of nitrogens with one attached hydrogen (secondary N) is 3. The molecule has 0 radical (unpaired) electrons. The Kier molecular flexibility index (Phi) is 7.65. The Morgan fingerprint density at radius 1 is 0.941 bits per heavy atom. The van der Waals surface area contributed by atoms with Crippen molar-refractivity contribution in [3.8, 4) is 0 Å². The fourth-order valence-corrected chi connectivity index (χ4v) is 1.03. The summed E-state index contributed by atoms with van der Waals surface area (Å²) in [6.45, 7) is 2.17. The SMILES string of the molecule is CCCCCC(N)N.O=c1[nH]c(=O)[nH]c(=O)[nH]1. The highest BCUT2D eigenvalue weighted by molar-refractivity contribution is 4.60. The van der Waals surface area contributed by atoms with Crippen LogP contribution >= 0.6 is 0 Å². The van der Waals surface area contributed by atoms with E-state index in [-0.39, 0.29) is 6.17 Å². The van der Waals surface area contributed by atoms with Crippen LogP contribution in [-0.2, 0) is 0 Å². The average molecular weight is 245 g/mol. The molecule has 0 atom stereocenters. The maximum atomic E-state index is 10.2. The summed E-state index contributed by atoms with van der Waals surface area (Å²) < 4.78 is 0. The molecule has 8 nitrogen and oxygen atoms in total. The molecule has 0 fully saturated rings. The van der Waals surface area contributed by atoms with Crippen LogP contribution in [0.1, 0.15) is 32.6 Å². The molecule has 17 heavy (non-hydrogen) atoms. The van der Waals surface area contributed by atoms with Gasteiger partial charge in [0.15, 0.2) is 0 Å². The summed E-state index contributed by atoms with van der Waals surface area (Å²) in [5, 5.41) is 0. The molecule has 0 aromatic carbocycles. The first-order valence-electron chi connectivity index (χ1n) is 5.39. The number of rotatable bonds is 4. The van der Waals surface area contributed by atoms with E-state index in [0.717, 1.165) is 6.42 Å². The Morgan fingerprint density at radius 3 is 1.65 bits per heavy atom. The summed E-state index contributed by atoms with van der Waals surface area (Å²) in [6, 6.07) is 0. The minimum absolute atomic E-state index is 0.0958. The lowest BCUT2D eigenvalue weighted by molar-refractivity contribution is 0.575. The predicted octanol–water partition coefficient (Wildman–Crippen LogP) is -1.44. The summed E-state index contributed by atoms with van der Waals surface area (Å²) in [5.41, 5.74) is 8.22. The van der Waals surface area contributed by atoms with Crippen molar-refractivity contribution in [3.05, 3.63) is 31.5 Å². The second-order valence-electron chi connectivity index (χ2n) is 3.52. The van der Waals surface area contributed by atoms with Gasteiger partial charge in [0.2, 0.25) is 0 Å². The van der Waals surface area contributed by atoms with Gasteiger partial charge in [-0.15, -0.1) is 0 Å². The maximum Gasteiger partial charge on any atom is 0.330 e. The smallest absolute Gasteiger partial charge is 0.316 e. The number of hydrogen-bond donors (Lipinski definition) is 5. The van der Waals surface area contributed by atoms with Crippen molar-refractivity contribution in [3.63, 3.8) is 0 Å². The average Bonchev–Trinajstić information content (AvgIpc) is 2.16. The Labute approximate surface area is 97.5 Å². The predicted molar refractivity (Wildman–Crippen MR) is 64.6 cm³/mol. The Morgan fingerprint density at radius 2 is 1.35 bits per heavy atom. The van der Waals surface area contributed by atoms with E-state index in [1.807, 2.05) is 0 Å². The second-order valence-corrected chi connectivity index (χ2v) is 3.52. The Hall–Kier alpha value is -1.67.